The SMILES string of the molecule is COc1cc(OC)c(OC)cc1/C=C/C(=O)N1CCC(C(=O)c2ccc3c(c2)OCCO3)CC1. The van der Waals surface area contributed by atoms with Crippen molar-refractivity contribution in [3.63, 3.8) is 0 Å². The van der Waals surface area contributed by atoms with E-state index in [1.54, 1.807) is 62.6 Å². The molecule has 2 heterocycles. The largest absolute Gasteiger partial charge is 0.496 e. The zero-order valence-corrected chi connectivity index (χ0v) is 19.7. The quantitative estimate of drug-likeness (QED) is 0.454. The van der Waals surface area contributed by atoms with Crippen molar-refractivity contribution in [3.8, 4) is 28.7 Å². The van der Waals surface area contributed by atoms with Gasteiger partial charge in [-0.2, -0.15) is 0 Å². The van der Waals surface area contributed by atoms with Crippen molar-refractivity contribution in [1.29, 1.82) is 0 Å². The number of amides is 1. The number of rotatable bonds is 7. The predicted octanol–water partition coefficient (Wildman–Crippen LogP) is 3.62. The summed E-state index contributed by atoms with van der Waals surface area (Å²) in [5.74, 6) is 2.80. The maximum Gasteiger partial charge on any atom is 0.246 e. The van der Waals surface area contributed by atoms with E-state index in [0.717, 1.165) is 0 Å². The van der Waals surface area contributed by atoms with Gasteiger partial charge in [-0.25, -0.2) is 0 Å². The van der Waals surface area contributed by atoms with Crippen molar-refractivity contribution in [2.75, 3.05) is 47.6 Å². The fourth-order valence-electron chi connectivity index (χ4n) is 4.24. The molecule has 2 aliphatic rings. The first-order valence-corrected chi connectivity index (χ1v) is 11.2. The van der Waals surface area contributed by atoms with Gasteiger partial charge in [-0.05, 0) is 43.2 Å². The number of carbonyl (C=O) groups excluding carboxylic acids is 2. The van der Waals surface area contributed by atoms with Gasteiger partial charge in [-0.3, -0.25) is 9.59 Å². The fourth-order valence-corrected chi connectivity index (χ4v) is 4.24. The summed E-state index contributed by atoms with van der Waals surface area (Å²) in [6.07, 6.45) is 4.46. The van der Waals surface area contributed by atoms with Crippen LogP contribution >= 0.6 is 0 Å². The Balaban J connectivity index is 1.37. The molecule has 8 nitrogen and oxygen atoms in total. The van der Waals surface area contributed by atoms with Crippen molar-refractivity contribution in [1.82, 2.24) is 4.90 Å². The molecule has 2 aliphatic heterocycles. The second-order valence-electron chi connectivity index (χ2n) is 8.10. The van der Waals surface area contributed by atoms with Gasteiger partial charge in [0.1, 0.15) is 19.0 Å². The monoisotopic (exact) mass is 467 g/mol. The molecule has 0 saturated carbocycles. The molecule has 1 amide bonds. The summed E-state index contributed by atoms with van der Waals surface area (Å²) in [5, 5.41) is 0. The lowest BCUT2D eigenvalue weighted by Crippen LogP contribution is -2.39. The molecular weight excluding hydrogens is 438 g/mol. The lowest BCUT2D eigenvalue weighted by molar-refractivity contribution is -0.127. The van der Waals surface area contributed by atoms with Crippen molar-refractivity contribution in [3.05, 3.63) is 47.5 Å². The van der Waals surface area contributed by atoms with Crippen molar-refractivity contribution >= 4 is 17.8 Å². The van der Waals surface area contributed by atoms with E-state index in [2.05, 4.69) is 0 Å². The molecular formula is C26H29NO7. The zero-order chi connectivity index (χ0) is 24.1. The van der Waals surface area contributed by atoms with E-state index in [0.29, 0.717) is 79.0 Å². The molecule has 1 fully saturated rings. The average molecular weight is 468 g/mol. The summed E-state index contributed by atoms with van der Waals surface area (Å²) in [6, 6.07) is 8.81. The first-order chi connectivity index (χ1) is 16.5. The molecule has 0 spiro atoms. The summed E-state index contributed by atoms with van der Waals surface area (Å²) in [5.41, 5.74) is 1.33. The molecule has 0 atom stereocenters. The lowest BCUT2D eigenvalue weighted by Gasteiger charge is -2.30. The van der Waals surface area contributed by atoms with E-state index >= 15 is 0 Å². The molecule has 1 saturated heterocycles. The first kappa shape index (κ1) is 23.5. The zero-order valence-electron chi connectivity index (χ0n) is 19.7. The highest BCUT2D eigenvalue weighted by atomic mass is 16.6. The van der Waals surface area contributed by atoms with Gasteiger partial charge < -0.3 is 28.6 Å². The van der Waals surface area contributed by atoms with Crippen LogP contribution in [0.5, 0.6) is 28.7 Å². The van der Waals surface area contributed by atoms with Gasteiger partial charge in [-0.15, -0.1) is 0 Å². The standard InChI is InChI=1S/C26H29NO7/c1-30-21-16-23(32-3)22(31-2)14-18(21)5-7-25(28)27-10-8-17(9-11-27)26(29)19-4-6-20-24(15-19)34-13-12-33-20/h4-7,14-17H,8-13H2,1-3H3/b7-5+. The van der Waals surface area contributed by atoms with E-state index in [9.17, 15) is 9.59 Å². The third-order valence-electron chi connectivity index (χ3n) is 6.15. The summed E-state index contributed by atoms with van der Waals surface area (Å²) >= 11 is 0. The van der Waals surface area contributed by atoms with E-state index in [1.807, 2.05) is 0 Å². The van der Waals surface area contributed by atoms with Gasteiger partial charge in [0, 0.05) is 42.3 Å². The third kappa shape index (κ3) is 4.95. The highest BCUT2D eigenvalue weighted by Crippen LogP contribution is 2.35. The highest BCUT2D eigenvalue weighted by Gasteiger charge is 2.28. The van der Waals surface area contributed by atoms with Crippen LogP contribution in [0.1, 0.15) is 28.8 Å². The van der Waals surface area contributed by atoms with Gasteiger partial charge in [0.05, 0.1) is 21.3 Å². The minimum atomic E-state index is -0.124. The summed E-state index contributed by atoms with van der Waals surface area (Å²) < 4.78 is 27.2. The highest BCUT2D eigenvalue weighted by molar-refractivity contribution is 5.99. The van der Waals surface area contributed by atoms with Crippen molar-refractivity contribution < 1.29 is 33.3 Å². The Labute approximate surface area is 199 Å². The Morgan fingerprint density at radius 3 is 2.21 bits per heavy atom. The molecule has 2 aromatic rings. The van der Waals surface area contributed by atoms with E-state index < -0.39 is 0 Å². The topological polar surface area (TPSA) is 83.5 Å². The molecule has 0 aliphatic carbocycles. The van der Waals surface area contributed by atoms with Crippen LogP contribution in [0.4, 0.5) is 0 Å². The van der Waals surface area contributed by atoms with Crippen LogP contribution in [-0.4, -0.2) is 64.2 Å². The Kier molecular flexibility index (Phi) is 7.25. The maximum absolute atomic E-state index is 13.0. The average Bonchev–Trinajstić information content (AvgIpc) is 2.90. The maximum atomic E-state index is 13.0. The number of ether oxygens (including phenoxy) is 5. The second kappa shape index (κ2) is 10.5. The van der Waals surface area contributed by atoms with Crippen molar-refractivity contribution in [2.45, 2.75) is 12.8 Å². The predicted molar refractivity (Wildman–Crippen MR) is 126 cm³/mol. The molecule has 34 heavy (non-hydrogen) atoms. The minimum absolute atomic E-state index is 0.0784. The van der Waals surface area contributed by atoms with Crippen molar-refractivity contribution in [2.24, 2.45) is 5.92 Å². The molecule has 0 bridgehead atoms. The second-order valence-corrected chi connectivity index (χ2v) is 8.10. The van der Waals surface area contributed by atoms with Crippen LogP contribution in [0.2, 0.25) is 0 Å². The number of hydrogen-bond donors (Lipinski definition) is 0. The molecule has 0 N–H and O–H groups in total. The number of ketones is 1. The molecule has 2 aromatic carbocycles. The van der Waals surface area contributed by atoms with E-state index in [4.69, 9.17) is 23.7 Å². The molecule has 4 rings (SSSR count). The first-order valence-electron chi connectivity index (χ1n) is 11.2. The van der Waals surface area contributed by atoms with Crippen LogP contribution in [0.25, 0.3) is 6.08 Å². The fraction of sp³-hybridized carbons (Fsp3) is 0.385. The molecule has 0 radical (unpaired) electrons. The Bertz CT molecular complexity index is 1090. The number of fused-ring (bicyclic) bond motifs is 1. The number of nitrogens with zero attached hydrogens (tertiary/aromatic N) is 1. The van der Waals surface area contributed by atoms with Gasteiger partial charge in [0.25, 0.3) is 0 Å². The number of methoxy groups -OCH3 is 3. The van der Waals surface area contributed by atoms with E-state index in [1.165, 1.54) is 6.08 Å². The molecule has 8 heteroatoms. The third-order valence-corrected chi connectivity index (χ3v) is 6.15. The van der Waals surface area contributed by atoms with Gasteiger partial charge in [0.15, 0.2) is 28.8 Å². The number of likely N-dealkylation sites (tertiary alicyclic amines) is 1. The number of Topliss-reactive ketones (excluding diaryl/α,β-unsaturated/α-hetero) is 1. The Morgan fingerprint density at radius 2 is 1.53 bits per heavy atom. The summed E-state index contributed by atoms with van der Waals surface area (Å²) in [7, 11) is 4.67. The van der Waals surface area contributed by atoms with Crippen LogP contribution in [0.3, 0.4) is 0 Å². The molecule has 0 aromatic heterocycles. The summed E-state index contributed by atoms with van der Waals surface area (Å²) in [6.45, 7) is 2.04. The van der Waals surface area contributed by atoms with E-state index in [-0.39, 0.29) is 17.6 Å². The number of benzene rings is 2. The smallest absolute Gasteiger partial charge is 0.246 e. The molecule has 180 valence electrons. The van der Waals surface area contributed by atoms with Gasteiger partial charge >= 0.3 is 0 Å². The number of carbonyl (C=O) groups is 2. The number of piperidine rings is 1. The van der Waals surface area contributed by atoms with Crippen LogP contribution < -0.4 is 23.7 Å². The van der Waals surface area contributed by atoms with Crippen LogP contribution in [-0.2, 0) is 4.79 Å². The Hall–Kier alpha value is -3.68. The Morgan fingerprint density at radius 1 is 0.882 bits per heavy atom. The number of hydrogen-bond acceptors (Lipinski definition) is 7. The molecule has 0 unspecified atom stereocenters. The minimum Gasteiger partial charge on any atom is -0.496 e. The summed E-state index contributed by atoms with van der Waals surface area (Å²) in [4.78, 5) is 27.6. The van der Waals surface area contributed by atoms with Crippen LogP contribution in [0, 0.1) is 5.92 Å². The normalized spacial score (nSPS) is 15.8. The van der Waals surface area contributed by atoms with Gasteiger partial charge in [0.2, 0.25) is 5.91 Å². The van der Waals surface area contributed by atoms with Gasteiger partial charge in [-0.1, -0.05) is 0 Å². The lowest BCUT2D eigenvalue weighted by atomic mass is 9.88. The van der Waals surface area contributed by atoms with Crippen LogP contribution in [0.15, 0.2) is 36.4 Å².